The van der Waals surface area contributed by atoms with Gasteiger partial charge in [0.05, 0.1) is 0 Å². The van der Waals surface area contributed by atoms with Gasteiger partial charge in [-0.25, -0.2) is 0 Å². The number of hydrogen-bond acceptors (Lipinski definition) is 2. The second-order valence-corrected chi connectivity index (χ2v) is 6.42. The van der Waals surface area contributed by atoms with Crippen molar-refractivity contribution in [1.82, 2.24) is 10.2 Å². The zero-order chi connectivity index (χ0) is 16.7. The third kappa shape index (κ3) is 5.08. The minimum Gasteiger partial charge on any atom is -0.352 e. The molecule has 1 unspecified atom stereocenters. The van der Waals surface area contributed by atoms with Crippen LogP contribution in [0.1, 0.15) is 57.9 Å². The van der Waals surface area contributed by atoms with Crippen molar-refractivity contribution in [3.8, 4) is 0 Å². The van der Waals surface area contributed by atoms with Gasteiger partial charge in [-0.05, 0) is 31.7 Å². The molecular formula is C19H28N2O2. The van der Waals surface area contributed by atoms with Crippen molar-refractivity contribution in [1.29, 1.82) is 0 Å². The molecule has 0 spiro atoms. The fraction of sp³-hybridized carbons (Fsp3) is 0.579. The van der Waals surface area contributed by atoms with E-state index in [1.54, 1.807) is 4.90 Å². The van der Waals surface area contributed by atoms with Gasteiger partial charge in [-0.15, -0.1) is 0 Å². The van der Waals surface area contributed by atoms with E-state index in [-0.39, 0.29) is 17.9 Å². The molecule has 1 atom stereocenters. The van der Waals surface area contributed by atoms with Crippen molar-refractivity contribution >= 4 is 11.8 Å². The lowest BCUT2D eigenvalue weighted by Gasteiger charge is -2.29. The summed E-state index contributed by atoms with van der Waals surface area (Å²) in [5.74, 6) is 0.0164. The van der Waals surface area contributed by atoms with Crippen molar-refractivity contribution in [2.75, 3.05) is 0 Å². The van der Waals surface area contributed by atoms with Gasteiger partial charge in [-0.2, -0.15) is 0 Å². The molecule has 0 saturated heterocycles. The van der Waals surface area contributed by atoms with Crippen molar-refractivity contribution in [2.45, 2.75) is 71.0 Å². The maximum absolute atomic E-state index is 12.5. The fourth-order valence-corrected chi connectivity index (χ4v) is 3.11. The molecule has 2 amide bonds. The number of rotatable bonds is 7. The largest absolute Gasteiger partial charge is 0.352 e. The maximum Gasteiger partial charge on any atom is 0.242 e. The van der Waals surface area contributed by atoms with Crippen LogP contribution in [0, 0.1) is 0 Å². The topological polar surface area (TPSA) is 49.4 Å². The highest BCUT2D eigenvalue weighted by atomic mass is 16.2. The lowest BCUT2D eigenvalue weighted by atomic mass is 10.1. The Morgan fingerprint density at radius 3 is 2.48 bits per heavy atom. The third-order valence-electron chi connectivity index (χ3n) is 4.53. The second kappa shape index (κ2) is 8.70. The van der Waals surface area contributed by atoms with E-state index in [0.29, 0.717) is 13.0 Å². The molecule has 1 aliphatic rings. The molecule has 4 nitrogen and oxygen atoms in total. The Balaban J connectivity index is 2.04. The van der Waals surface area contributed by atoms with Crippen LogP contribution in [0.25, 0.3) is 0 Å². The van der Waals surface area contributed by atoms with Gasteiger partial charge in [0.15, 0.2) is 0 Å². The zero-order valence-electron chi connectivity index (χ0n) is 14.3. The van der Waals surface area contributed by atoms with Crippen LogP contribution in [0.5, 0.6) is 0 Å². The Kier molecular flexibility index (Phi) is 6.63. The van der Waals surface area contributed by atoms with Crippen molar-refractivity contribution in [3.63, 3.8) is 0 Å². The molecule has 0 aliphatic heterocycles. The number of nitrogens with one attached hydrogen (secondary N) is 1. The fourth-order valence-electron chi connectivity index (χ4n) is 3.11. The smallest absolute Gasteiger partial charge is 0.242 e. The third-order valence-corrected chi connectivity index (χ3v) is 4.53. The number of benzene rings is 1. The molecule has 1 saturated carbocycles. The predicted octanol–water partition coefficient (Wildman–Crippen LogP) is 3.26. The Labute approximate surface area is 139 Å². The van der Waals surface area contributed by atoms with Crippen LogP contribution in [0.15, 0.2) is 30.3 Å². The van der Waals surface area contributed by atoms with Gasteiger partial charge in [-0.3, -0.25) is 9.59 Å². The van der Waals surface area contributed by atoms with Crippen molar-refractivity contribution < 1.29 is 9.59 Å². The van der Waals surface area contributed by atoms with Gasteiger partial charge in [0.2, 0.25) is 11.8 Å². The monoisotopic (exact) mass is 316 g/mol. The van der Waals surface area contributed by atoms with E-state index in [9.17, 15) is 9.59 Å². The molecule has 0 heterocycles. The molecule has 23 heavy (non-hydrogen) atoms. The minimum absolute atomic E-state index is 0.0303. The molecule has 1 N–H and O–H groups in total. The molecule has 4 heteroatoms. The highest BCUT2D eigenvalue weighted by Crippen LogP contribution is 2.18. The Morgan fingerprint density at radius 2 is 1.87 bits per heavy atom. The van der Waals surface area contributed by atoms with Crippen LogP contribution in [0.4, 0.5) is 0 Å². The van der Waals surface area contributed by atoms with E-state index in [2.05, 4.69) is 5.32 Å². The van der Waals surface area contributed by atoms with Crippen molar-refractivity contribution in [3.05, 3.63) is 35.9 Å². The molecule has 1 aromatic carbocycles. The van der Waals surface area contributed by atoms with E-state index in [1.807, 2.05) is 44.2 Å². The van der Waals surface area contributed by atoms with Crippen LogP contribution in [-0.4, -0.2) is 28.8 Å². The number of carbonyl (C=O) groups excluding carboxylic acids is 2. The predicted molar refractivity (Wildman–Crippen MR) is 91.8 cm³/mol. The van der Waals surface area contributed by atoms with Gasteiger partial charge in [0, 0.05) is 19.0 Å². The lowest BCUT2D eigenvalue weighted by Crippen LogP contribution is -2.49. The quantitative estimate of drug-likeness (QED) is 0.839. The molecule has 1 fully saturated rings. The number of nitrogens with zero attached hydrogens (tertiary/aromatic N) is 1. The first-order valence-corrected chi connectivity index (χ1v) is 8.75. The normalized spacial score (nSPS) is 16.1. The standard InChI is InChI=1S/C19H28N2O2/c1-3-9-18(22)21(14-16-10-5-4-6-11-16)15(2)19(23)20-17-12-7-8-13-17/h4-6,10-11,15,17H,3,7-9,12-14H2,1-2H3,(H,20,23). The summed E-state index contributed by atoms with van der Waals surface area (Å²) in [6.45, 7) is 4.31. The molecule has 1 aliphatic carbocycles. The highest BCUT2D eigenvalue weighted by molar-refractivity contribution is 5.87. The molecule has 1 aromatic rings. The van der Waals surface area contributed by atoms with Crippen LogP contribution in [-0.2, 0) is 16.1 Å². The van der Waals surface area contributed by atoms with E-state index in [1.165, 1.54) is 12.8 Å². The summed E-state index contributed by atoms with van der Waals surface area (Å²) in [5, 5.41) is 3.11. The molecular weight excluding hydrogens is 288 g/mol. The first-order valence-electron chi connectivity index (χ1n) is 8.75. The summed E-state index contributed by atoms with van der Waals surface area (Å²) in [6.07, 6.45) is 5.75. The van der Waals surface area contributed by atoms with Gasteiger partial charge in [0.25, 0.3) is 0 Å². The van der Waals surface area contributed by atoms with Crippen LogP contribution in [0.2, 0.25) is 0 Å². The van der Waals surface area contributed by atoms with Crippen LogP contribution < -0.4 is 5.32 Å². The van der Waals surface area contributed by atoms with Gasteiger partial charge < -0.3 is 10.2 Å². The Hall–Kier alpha value is -1.84. The van der Waals surface area contributed by atoms with E-state index in [0.717, 1.165) is 24.8 Å². The average molecular weight is 316 g/mol. The SMILES string of the molecule is CCCC(=O)N(Cc1ccccc1)C(C)C(=O)NC1CCCC1. The van der Waals surface area contributed by atoms with E-state index < -0.39 is 6.04 Å². The highest BCUT2D eigenvalue weighted by Gasteiger charge is 2.27. The summed E-state index contributed by atoms with van der Waals surface area (Å²) in [5.41, 5.74) is 1.05. The average Bonchev–Trinajstić information content (AvgIpc) is 3.06. The first kappa shape index (κ1) is 17.5. The summed E-state index contributed by atoms with van der Waals surface area (Å²) in [4.78, 5) is 26.7. The Morgan fingerprint density at radius 1 is 1.22 bits per heavy atom. The van der Waals surface area contributed by atoms with Crippen molar-refractivity contribution in [2.24, 2.45) is 0 Å². The lowest BCUT2D eigenvalue weighted by molar-refractivity contribution is -0.140. The summed E-state index contributed by atoms with van der Waals surface area (Å²) < 4.78 is 0. The second-order valence-electron chi connectivity index (χ2n) is 6.42. The molecule has 0 radical (unpaired) electrons. The maximum atomic E-state index is 12.5. The summed E-state index contributed by atoms with van der Waals surface area (Å²) >= 11 is 0. The summed E-state index contributed by atoms with van der Waals surface area (Å²) in [7, 11) is 0. The summed E-state index contributed by atoms with van der Waals surface area (Å²) in [6, 6.07) is 9.71. The first-order chi connectivity index (χ1) is 11.1. The number of hydrogen-bond donors (Lipinski definition) is 1. The number of carbonyl (C=O) groups is 2. The van der Waals surface area contributed by atoms with Gasteiger partial charge >= 0.3 is 0 Å². The van der Waals surface area contributed by atoms with Crippen LogP contribution >= 0.6 is 0 Å². The molecule has 0 aromatic heterocycles. The van der Waals surface area contributed by atoms with Gasteiger partial charge in [0.1, 0.15) is 6.04 Å². The number of amides is 2. The Bertz CT molecular complexity index is 509. The zero-order valence-corrected chi connectivity index (χ0v) is 14.3. The van der Waals surface area contributed by atoms with E-state index in [4.69, 9.17) is 0 Å². The molecule has 0 bridgehead atoms. The van der Waals surface area contributed by atoms with E-state index >= 15 is 0 Å². The molecule has 2 rings (SSSR count). The van der Waals surface area contributed by atoms with Crippen LogP contribution in [0.3, 0.4) is 0 Å². The van der Waals surface area contributed by atoms with Gasteiger partial charge in [-0.1, -0.05) is 50.1 Å². The molecule has 126 valence electrons. The minimum atomic E-state index is -0.435.